The third-order valence-electron chi connectivity index (χ3n) is 4.17. The highest BCUT2D eigenvalue weighted by molar-refractivity contribution is 5.77. The number of H-pyrrole nitrogens is 1. The minimum atomic E-state index is -0.244. The van der Waals surface area contributed by atoms with Crippen LogP contribution in [0.5, 0.6) is 0 Å². The van der Waals surface area contributed by atoms with Gasteiger partial charge in [-0.3, -0.25) is 9.59 Å². The lowest BCUT2D eigenvalue weighted by Gasteiger charge is -2.23. The van der Waals surface area contributed by atoms with Crippen molar-refractivity contribution in [2.75, 3.05) is 6.54 Å². The number of nitrogens with zero attached hydrogens (tertiary/aromatic N) is 4. The Balaban J connectivity index is 1.62. The van der Waals surface area contributed by atoms with Crippen LogP contribution in [0.1, 0.15) is 62.5 Å². The van der Waals surface area contributed by atoms with E-state index in [1.165, 1.54) is 6.07 Å². The van der Waals surface area contributed by atoms with E-state index >= 15 is 0 Å². The lowest BCUT2D eigenvalue weighted by Crippen LogP contribution is -2.31. The monoisotopic (exact) mass is 331 g/mol. The minimum absolute atomic E-state index is 0.0368. The second-order valence-corrected chi connectivity index (χ2v) is 6.29. The maximum absolute atomic E-state index is 12.5. The topological polar surface area (TPSA) is 105 Å². The molecule has 0 aliphatic carbocycles. The fraction of sp³-hybridized carbons (Fsp3) is 0.562. The Bertz CT molecular complexity index is 747. The molecule has 0 aromatic carbocycles. The molecule has 3 heterocycles. The lowest BCUT2D eigenvalue weighted by atomic mass is 10.1. The van der Waals surface area contributed by atoms with Gasteiger partial charge in [0.1, 0.15) is 0 Å². The molecule has 1 amide bonds. The molecule has 0 bridgehead atoms. The molecule has 0 spiro atoms. The van der Waals surface area contributed by atoms with Crippen molar-refractivity contribution in [3.8, 4) is 0 Å². The number of carbonyl (C=O) groups is 1. The summed E-state index contributed by atoms with van der Waals surface area (Å²) in [4.78, 5) is 29.8. The smallest absolute Gasteiger partial charge is 0.264 e. The normalized spacial score (nSPS) is 17.6. The van der Waals surface area contributed by atoms with Gasteiger partial charge in [0.05, 0.1) is 11.7 Å². The summed E-state index contributed by atoms with van der Waals surface area (Å²) < 4.78 is 5.18. The third-order valence-corrected chi connectivity index (χ3v) is 4.17. The first-order chi connectivity index (χ1) is 11.5. The highest BCUT2D eigenvalue weighted by Gasteiger charge is 2.31. The summed E-state index contributed by atoms with van der Waals surface area (Å²) in [6, 6.07) is 3.04. The van der Waals surface area contributed by atoms with E-state index in [-0.39, 0.29) is 23.4 Å². The zero-order valence-electron chi connectivity index (χ0n) is 13.9. The number of carbonyl (C=O) groups excluding carboxylic acids is 1. The van der Waals surface area contributed by atoms with E-state index in [1.54, 1.807) is 6.07 Å². The van der Waals surface area contributed by atoms with Gasteiger partial charge in [-0.2, -0.15) is 10.1 Å². The zero-order valence-corrected chi connectivity index (χ0v) is 13.9. The number of aromatic nitrogens is 4. The average Bonchev–Trinajstić information content (AvgIpc) is 3.23. The van der Waals surface area contributed by atoms with Crippen LogP contribution in [0.4, 0.5) is 0 Å². The number of aromatic amines is 1. The second-order valence-electron chi connectivity index (χ2n) is 6.29. The summed E-state index contributed by atoms with van der Waals surface area (Å²) in [6.45, 7) is 4.68. The quantitative estimate of drug-likeness (QED) is 0.891. The Kier molecular flexibility index (Phi) is 4.73. The van der Waals surface area contributed by atoms with Gasteiger partial charge in [-0.1, -0.05) is 19.0 Å². The van der Waals surface area contributed by atoms with Crippen LogP contribution in [-0.4, -0.2) is 37.7 Å². The Morgan fingerprint density at radius 3 is 2.96 bits per heavy atom. The van der Waals surface area contributed by atoms with Gasteiger partial charge in [-0.25, -0.2) is 5.10 Å². The van der Waals surface area contributed by atoms with Crippen molar-refractivity contribution in [2.45, 2.75) is 51.5 Å². The number of aryl methyl sites for hydroxylation is 1. The van der Waals surface area contributed by atoms with E-state index in [0.29, 0.717) is 31.1 Å². The fourth-order valence-electron chi connectivity index (χ4n) is 2.88. The van der Waals surface area contributed by atoms with Crippen LogP contribution >= 0.6 is 0 Å². The van der Waals surface area contributed by atoms with E-state index in [4.69, 9.17) is 4.52 Å². The number of amides is 1. The summed E-state index contributed by atoms with van der Waals surface area (Å²) >= 11 is 0. The van der Waals surface area contributed by atoms with E-state index in [2.05, 4.69) is 20.3 Å². The van der Waals surface area contributed by atoms with Crippen LogP contribution in [0.25, 0.3) is 0 Å². The first-order valence-electron chi connectivity index (χ1n) is 8.22. The van der Waals surface area contributed by atoms with Crippen molar-refractivity contribution in [3.05, 3.63) is 39.9 Å². The molecule has 0 saturated carbocycles. The van der Waals surface area contributed by atoms with Gasteiger partial charge in [0.25, 0.3) is 5.56 Å². The van der Waals surface area contributed by atoms with Gasteiger partial charge in [0, 0.05) is 31.4 Å². The van der Waals surface area contributed by atoms with Gasteiger partial charge in [0.2, 0.25) is 11.8 Å². The number of nitrogens with one attached hydrogen (secondary N) is 1. The first-order valence-corrected chi connectivity index (χ1v) is 8.22. The maximum atomic E-state index is 12.5. The van der Waals surface area contributed by atoms with Crippen molar-refractivity contribution in [3.63, 3.8) is 0 Å². The molecule has 1 atom stereocenters. The summed E-state index contributed by atoms with van der Waals surface area (Å²) in [7, 11) is 0. The number of hydrogen-bond acceptors (Lipinski definition) is 6. The molecular formula is C16H21N5O3. The predicted molar refractivity (Wildman–Crippen MR) is 85.3 cm³/mol. The van der Waals surface area contributed by atoms with Crippen LogP contribution in [0.15, 0.2) is 21.5 Å². The van der Waals surface area contributed by atoms with Crippen LogP contribution < -0.4 is 5.56 Å². The van der Waals surface area contributed by atoms with Crippen molar-refractivity contribution >= 4 is 5.91 Å². The highest BCUT2D eigenvalue weighted by Crippen LogP contribution is 2.30. The summed E-state index contributed by atoms with van der Waals surface area (Å²) in [5.41, 5.74) is 0.479. The predicted octanol–water partition coefficient (Wildman–Crippen LogP) is 1.57. The fourth-order valence-corrected chi connectivity index (χ4v) is 2.88. The molecule has 2 aromatic heterocycles. The first kappa shape index (κ1) is 16.4. The van der Waals surface area contributed by atoms with Crippen molar-refractivity contribution in [1.29, 1.82) is 0 Å². The molecule has 128 valence electrons. The minimum Gasteiger partial charge on any atom is -0.339 e. The molecule has 1 N–H and O–H groups in total. The van der Waals surface area contributed by atoms with Crippen molar-refractivity contribution < 1.29 is 9.32 Å². The van der Waals surface area contributed by atoms with Crippen LogP contribution in [0, 0.1) is 0 Å². The summed E-state index contributed by atoms with van der Waals surface area (Å²) in [5.74, 6) is 1.39. The van der Waals surface area contributed by atoms with Crippen molar-refractivity contribution in [1.82, 2.24) is 25.2 Å². The van der Waals surface area contributed by atoms with Crippen LogP contribution in [-0.2, 0) is 11.2 Å². The Morgan fingerprint density at radius 1 is 1.46 bits per heavy atom. The van der Waals surface area contributed by atoms with Gasteiger partial charge < -0.3 is 9.42 Å². The molecule has 8 nitrogen and oxygen atoms in total. The lowest BCUT2D eigenvalue weighted by molar-refractivity contribution is -0.132. The SMILES string of the molecule is CC(C)c1noc(CCC(=O)N2CCCC2c2ccc(=O)[nH]n2)n1. The molecule has 8 heteroatoms. The third kappa shape index (κ3) is 3.52. The molecule has 1 aliphatic heterocycles. The highest BCUT2D eigenvalue weighted by atomic mass is 16.5. The van der Waals surface area contributed by atoms with Gasteiger partial charge in [0.15, 0.2) is 5.82 Å². The number of hydrogen-bond donors (Lipinski definition) is 1. The van der Waals surface area contributed by atoms with E-state index in [0.717, 1.165) is 18.5 Å². The molecule has 24 heavy (non-hydrogen) atoms. The van der Waals surface area contributed by atoms with Crippen LogP contribution in [0.2, 0.25) is 0 Å². The average molecular weight is 331 g/mol. The molecule has 1 unspecified atom stereocenters. The Labute approximate surface area is 139 Å². The van der Waals surface area contributed by atoms with Gasteiger partial charge in [-0.05, 0) is 18.9 Å². The summed E-state index contributed by atoms with van der Waals surface area (Å²) in [6.07, 6.45) is 2.53. The van der Waals surface area contributed by atoms with E-state index in [1.807, 2.05) is 18.7 Å². The maximum Gasteiger partial charge on any atom is 0.264 e. The molecule has 0 radical (unpaired) electrons. The van der Waals surface area contributed by atoms with Gasteiger partial charge in [-0.15, -0.1) is 0 Å². The summed E-state index contributed by atoms with van der Waals surface area (Å²) in [5, 5.41) is 10.4. The van der Waals surface area contributed by atoms with Crippen LogP contribution in [0.3, 0.4) is 0 Å². The van der Waals surface area contributed by atoms with Gasteiger partial charge >= 0.3 is 0 Å². The molecule has 1 saturated heterocycles. The second kappa shape index (κ2) is 6.94. The zero-order chi connectivity index (χ0) is 17.1. The number of rotatable bonds is 5. The van der Waals surface area contributed by atoms with E-state index in [9.17, 15) is 9.59 Å². The van der Waals surface area contributed by atoms with Crippen molar-refractivity contribution in [2.24, 2.45) is 0 Å². The molecule has 1 fully saturated rings. The Hall–Kier alpha value is -2.51. The standard InChI is InChI=1S/C16H21N5O3/c1-10(2)16-17-14(24-20-16)7-8-15(23)21-9-3-4-12(21)11-5-6-13(22)19-18-11/h5-6,10,12H,3-4,7-9H2,1-2H3,(H,19,22). The molecule has 3 rings (SSSR count). The number of likely N-dealkylation sites (tertiary alicyclic amines) is 1. The Morgan fingerprint density at radius 2 is 2.29 bits per heavy atom. The molecular weight excluding hydrogens is 310 g/mol. The molecule has 1 aliphatic rings. The van der Waals surface area contributed by atoms with E-state index < -0.39 is 0 Å². The largest absolute Gasteiger partial charge is 0.339 e. The molecule has 2 aromatic rings.